The summed E-state index contributed by atoms with van der Waals surface area (Å²) < 4.78 is 5.27. The van der Waals surface area contributed by atoms with Crippen molar-refractivity contribution in [3.05, 3.63) is 64.7 Å². The van der Waals surface area contributed by atoms with Gasteiger partial charge in [0.25, 0.3) is 0 Å². The molecule has 0 bridgehead atoms. The molecular formula is C22H24N2O2. The van der Waals surface area contributed by atoms with Crippen LogP contribution in [0.3, 0.4) is 0 Å². The number of carbonyl (C=O) groups is 1. The Hall–Kier alpha value is -2.59. The van der Waals surface area contributed by atoms with Gasteiger partial charge in [0.2, 0.25) is 0 Å². The lowest BCUT2D eigenvalue weighted by atomic mass is 10.1. The summed E-state index contributed by atoms with van der Waals surface area (Å²) in [4.78, 5) is 17.4. The minimum Gasteiger partial charge on any atom is -0.497 e. The van der Waals surface area contributed by atoms with Crippen molar-refractivity contribution in [1.29, 1.82) is 0 Å². The van der Waals surface area contributed by atoms with Crippen molar-refractivity contribution < 1.29 is 9.53 Å². The SMILES string of the molecule is COc1ccc2c(c1)CC(=Cc1ccc(N3CCN(C)CC3)cc1)C2=O. The van der Waals surface area contributed by atoms with Gasteiger partial charge in [0.15, 0.2) is 5.78 Å². The van der Waals surface area contributed by atoms with Gasteiger partial charge in [0.05, 0.1) is 7.11 Å². The number of anilines is 1. The van der Waals surface area contributed by atoms with Crippen LogP contribution in [-0.4, -0.2) is 51.0 Å². The fraction of sp³-hybridized carbons (Fsp3) is 0.318. The molecule has 1 saturated heterocycles. The van der Waals surface area contributed by atoms with E-state index in [9.17, 15) is 4.79 Å². The first-order valence-corrected chi connectivity index (χ1v) is 9.10. The molecule has 0 atom stereocenters. The number of hydrogen-bond donors (Lipinski definition) is 0. The van der Waals surface area contributed by atoms with Crippen LogP contribution in [0.5, 0.6) is 5.75 Å². The molecule has 4 heteroatoms. The third kappa shape index (κ3) is 3.25. The summed E-state index contributed by atoms with van der Waals surface area (Å²) in [6.07, 6.45) is 2.69. The number of carbonyl (C=O) groups excluding carboxylic acids is 1. The zero-order valence-electron chi connectivity index (χ0n) is 15.4. The highest BCUT2D eigenvalue weighted by atomic mass is 16.5. The number of likely N-dealkylation sites (N-methyl/N-ethyl adjacent to an activating group) is 1. The molecule has 0 spiro atoms. The first kappa shape index (κ1) is 16.9. The highest BCUT2D eigenvalue weighted by Gasteiger charge is 2.25. The van der Waals surface area contributed by atoms with E-state index in [2.05, 4.69) is 41.1 Å². The monoisotopic (exact) mass is 348 g/mol. The van der Waals surface area contributed by atoms with Gasteiger partial charge in [-0.05, 0) is 54.6 Å². The van der Waals surface area contributed by atoms with Gasteiger partial charge >= 0.3 is 0 Å². The van der Waals surface area contributed by atoms with Crippen LogP contribution in [0.15, 0.2) is 48.0 Å². The molecule has 134 valence electrons. The maximum absolute atomic E-state index is 12.6. The molecule has 0 radical (unpaired) electrons. The zero-order chi connectivity index (χ0) is 18.1. The van der Waals surface area contributed by atoms with Gasteiger partial charge in [-0.25, -0.2) is 0 Å². The standard InChI is InChI=1S/C22H24N2O2/c1-23-9-11-24(12-10-23)19-5-3-16(4-6-19)13-18-14-17-15-20(26-2)7-8-21(17)22(18)25/h3-8,13,15H,9-12,14H2,1-2H3. The van der Waals surface area contributed by atoms with Gasteiger partial charge in [-0.3, -0.25) is 4.79 Å². The summed E-state index contributed by atoms with van der Waals surface area (Å²) in [6.45, 7) is 4.32. The zero-order valence-corrected chi connectivity index (χ0v) is 15.4. The number of methoxy groups -OCH3 is 1. The van der Waals surface area contributed by atoms with Gasteiger partial charge in [-0.15, -0.1) is 0 Å². The summed E-state index contributed by atoms with van der Waals surface area (Å²) in [5, 5.41) is 0. The van der Waals surface area contributed by atoms with Gasteiger partial charge in [-0.2, -0.15) is 0 Å². The fourth-order valence-corrected chi connectivity index (χ4v) is 3.69. The number of nitrogens with zero attached hydrogens (tertiary/aromatic N) is 2. The number of fused-ring (bicyclic) bond motifs is 1. The molecular weight excluding hydrogens is 324 g/mol. The molecule has 1 fully saturated rings. The molecule has 2 aliphatic rings. The van der Waals surface area contributed by atoms with Gasteiger partial charge in [0, 0.05) is 49.4 Å². The minimum absolute atomic E-state index is 0.130. The summed E-state index contributed by atoms with van der Waals surface area (Å²) in [5.74, 6) is 0.931. The molecule has 0 amide bonds. The Morgan fingerprint density at radius 2 is 1.73 bits per heavy atom. The Morgan fingerprint density at radius 3 is 2.42 bits per heavy atom. The number of Topliss-reactive ketones (excluding diaryl/α,β-unsaturated/α-hetero) is 1. The van der Waals surface area contributed by atoms with Crippen molar-refractivity contribution in [3.8, 4) is 5.75 Å². The second kappa shape index (κ2) is 6.96. The quantitative estimate of drug-likeness (QED) is 0.797. The molecule has 0 unspecified atom stereocenters. The van der Waals surface area contributed by atoms with Crippen LogP contribution in [0.4, 0.5) is 5.69 Å². The Balaban J connectivity index is 1.51. The summed E-state index contributed by atoms with van der Waals surface area (Å²) in [7, 11) is 3.82. The Bertz CT molecular complexity index is 847. The molecule has 1 aliphatic heterocycles. The fourth-order valence-electron chi connectivity index (χ4n) is 3.69. The summed E-state index contributed by atoms with van der Waals surface area (Å²) in [6, 6.07) is 14.2. The average Bonchev–Trinajstić information content (AvgIpc) is 2.98. The first-order chi connectivity index (χ1) is 12.6. The largest absolute Gasteiger partial charge is 0.497 e. The number of benzene rings is 2. The van der Waals surface area contributed by atoms with Gasteiger partial charge in [0.1, 0.15) is 5.75 Å². The van der Waals surface area contributed by atoms with E-state index in [0.717, 1.165) is 54.2 Å². The van der Waals surface area contributed by atoms with Crippen LogP contribution in [0, 0.1) is 0 Å². The number of piperazine rings is 1. The molecule has 0 N–H and O–H groups in total. The van der Waals surface area contributed by atoms with Crippen LogP contribution >= 0.6 is 0 Å². The topological polar surface area (TPSA) is 32.8 Å². The van der Waals surface area contributed by atoms with Crippen LogP contribution in [-0.2, 0) is 6.42 Å². The minimum atomic E-state index is 0.130. The van der Waals surface area contributed by atoms with E-state index in [-0.39, 0.29) is 5.78 Å². The van der Waals surface area contributed by atoms with E-state index < -0.39 is 0 Å². The van der Waals surface area contributed by atoms with Crippen molar-refractivity contribution in [3.63, 3.8) is 0 Å². The van der Waals surface area contributed by atoms with Gasteiger partial charge in [-0.1, -0.05) is 12.1 Å². The average molecular weight is 348 g/mol. The maximum Gasteiger partial charge on any atom is 0.189 e. The van der Waals surface area contributed by atoms with Crippen molar-refractivity contribution >= 4 is 17.5 Å². The third-order valence-corrected chi connectivity index (χ3v) is 5.33. The van der Waals surface area contributed by atoms with Crippen LogP contribution in [0.25, 0.3) is 6.08 Å². The molecule has 1 aliphatic carbocycles. The second-order valence-electron chi connectivity index (χ2n) is 7.08. The number of ketones is 1. The van der Waals surface area contributed by atoms with E-state index in [1.807, 2.05) is 24.3 Å². The van der Waals surface area contributed by atoms with Crippen molar-refractivity contribution in [2.45, 2.75) is 6.42 Å². The highest BCUT2D eigenvalue weighted by Crippen LogP contribution is 2.31. The lowest BCUT2D eigenvalue weighted by molar-refractivity contribution is 0.104. The molecule has 26 heavy (non-hydrogen) atoms. The van der Waals surface area contributed by atoms with E-state index in [0.29, 0.717) is 6.42 Å². The molecule has 2 aromatic rings. The molecule has 1 heterocycles. The van der Waals surface area contributed by atoms with E-state index in [4.69, 9.17) is 4.74 Å². The van der Waals surface area contributed by atoms with E-state index >= 15 is 0 Å². The highest BCUT2D eigenvalue weighted by molar-refractivity contribution is 6.15. The summed E-state index contributed by atoms with van der Waals surface area (Å²) >= 11 is 0. The molecule has 0 aromatic heterocycles. The van der Waals surface area contributed by atoms with Crippen molar-refractivity contribution in [1.82, 2.24) is 4.90 Å². The maximum atomic E-state index is 12.6. The predicted octanol–water partition coefficient (Wildman–Crippen LogP) is 3.27. The molecule has 4 rings (SSSR count). The second-order valence-corrected chi connectivity index (χ2v) is 7.08. The van der Waals surface area contributed by atoms with Crippen molar-refractivity contribution in [2.24, 2.45) is 0 Å². The Morgan fingerprint density at radius 1 is 1.00 bits per heavy atom. The Kier molecular flexibility index (Phi) is 4.51. The molecule has 2 aromatic carbocycles. The van der Waals surface area contributed by atoms with Gasteiger partial charge < -0.3 is 14.5 Å². The van der Waals surface area contributed by atoms with Crippen LogP contribution in [0.2, 0.25) is 0 Å². The third-order valence-electron chi connectivity index (χ3n) is 5.33. The molecule has 4 nitrogen and oxygen atoms in total. The van der Waals surface area contributed by atoms with E-state index in [1.165, 1.54) is 5.69 Å². The van der Waals surface area contributed by atoms with Crippen molar-refractivity contribution in [2.75, 3.05) is 45.2 Å². The molecule has 0 saturated carbocycles. The predicted molar refractivity (Wildman–Crippen MR) is 105 cm³/mol. The van der Waals surface area contributed by atoms with E-state index in [1.54, 1.807) is 7.11 Å². The lowest BCUT2D eigenvalue weighted by Gasteiger charge is -2.34. The number of rotatable bonds is 3. The number of ether oxygens (including phenoxy) is 1. The Labute approximate surface area is 154 Å². The summed E-state index contributed by atoms with van der Waals surface area (Å²) in [5.41, 5.74) is 5.03. The lowest BCUT2D eigenvalue weighted by Crippen LogP contribution is -2.44. The smallest absolute Gasteiger partial charge is 0.189 e. The number of allylic oxidation sites excluding steroid dienone is 1. The van der Waals surface area contributed by atoms with Crippen LogP contribution < -0.4 is 9.64 Å². The normalized spacial score (nSPS) is 19.1. The van der Waals surface area contributed by atoms with Crippen LogP contribution in [0.1, 0.15) is 21.5 Å². The number of hydrogen-bond acceptors (Lipinski definition) is 4. The first-order valence-electron chi connectivity index (χ1n) is 9.10.